The average Bonchev–Trinajstić information content (AvgIpc) is 3.18. The van der Waals surface area contributed by atoms with Crippen LogP contribution in [0.15, 0.2) is 48.7 Å². The Bertz CT molecular complexity index is 802. The summed E-state index contributed by atoms with van der Waals surface area (Å²) >= 11 is 0. The molecular weight excluding hydrogens is 346 g/mol. The van der Waals surface area contributed by atoms with Gasteiger partial charge in [0.05, 0.1) is 0 Å². The second-order valence-corrected chi connectivity index (χ2v) is 9.20. The number of aromatic nitrogens is 1. The number of hydrogen-bond donors (Lipinski definition) is 0. The first kappa shape index (κ1) is 19.3. The van der Waals surface area contributed by atoms with Gasteiger partial charge in [0, 0.05) is 38.4 Å². The SMILES string of the molecule is CC(C)n1cccc1C(=O)N1CCC2(CC1)C[C@H](c1ccccc1)CN(C)C2. The van der Waals surface area contributed by atoms with E-state index in [0.717, 1.165) is 44.7 Å². The van der Waals surface area contributed by atoms with E-state index in [2.05, 4.69) is 65.6 Å². The van der Waals surface area contributed by atoms with Gasteiger partial charge < -0.3 is 14.4 Å². The number of hydrogen-bond acceptors (Lipinski definition) is 2. The van der Waals surface area contributed by atoms with Crippen LogP contribution >= 0.6 is 0 Å². The van der Waals surface area contributed by atoms with E-state index in [-0.39, 0.29) is 5.91 Å². The van der Waals surface area contributed by atoms with Gasteiger partial charge >= 0.3 is 0 Å². The summed E-state index contributed by atoms with van der Waals surface area (Å²) in [6.07, 6.45) is 5.47. The minimum absolute atomic E-state index is 0.192. The largest absolute Gasteiger partial charge is 0.341 e. The van der Waals surface area contributed by atoms with Crippen molar-refractivity contribution in [1.29, 1.82) is 0 Å². The number of piperidine rings is 2. The molecule has 4 rings (SSSR count). The van der Waals surface area contributed by atoms with Gasteiger partial charge in [0.25, 0.3) is 5.91 Å². The molecule has 1 aromatic heterocycles. The van der Waals surface area contributed by atoms with E-state index in [4.69, 9.17) is 0 Å². The zero-order valence-corrected chi connectivity index (χ0v) is 17.5. The molecule has 2 aromatic rings. The lowest BCUT2D eigenvalue weighted by molar-refractivity contribution is 0.0219. The summed E-state index contributed by atoms with van der Waals surface area (Å²) in [5.74, 6) is 0.790. The molecule has 4 nitrogen and oxygen atoms in total. The lowest BCUT2D eigenvalue weighted by Gasteiger charge is -2.49. The Balaban J connectivity index is 1.45. The fourth-order valence-corrected chi connectivity index (χ4v) is 5.35. The van der Waals surface area contributed by atoms with Crippen molar-refractivity contribution in [3.05, 3.63) is 59.9 Å². The van der Waals surface area contributed by atoms with E-state index < -0.39 is 0 Å². The Morgan fingerprint density at radius 3 is 2.46 bits per heavy atom. The van der Waals surface area contributed by atoms with Crippen molar-refractivity contribution in [3.8, 4) is 0 Å². The van der Waals surface area contributed by atoms with E-state index in [1.165, 1.54) is 12.0 Å². The van der Waals surface area contributed by atoms with Gasteiger partial charge in [-0.3, -0.25) is 4.79 Å². The Hall–Kier alpha value is -2.07. The molecule has 3 heterocycles. The molecular formula is C24H33N3O. The standard InChI is InChI=1S/C24H33N3O/c1-19(2)27-13-7-10-22(27)23(28)26-14-11-24(12-15-26)16-21(17-25(3)18-24)20-8-5-4-6-9-20/h4-10,13,19,21H,11-12,14-18H2,1-3H3/t21-/m0/s1. The fraction of sp³-hybridized carbons (Fsp3) is 0.542. The second-order valence-electron chi connectivity index (χ2n) is 9.20. The van der Waals surface area contributed by atoms with Crippen LogP contribution < -0.4 is 0 Å². The molecule has 0 N–H and O–H groups in total. The van der Waals surface area contributed by atoms with Crippen molar-refractivity contribution in [2.24, 2.45) is 5.41 Å². The molecule has 0 bridgehead atoms. The quantitative estimate of drug-likeness (QED) is 0.790. The van der Waals surface area contributed by atoms with Crippen LogP contribution in [-0.2, 0) is 0 Å². The Labute approximate surface area is 169 Å². The minimum atomic E-state index is 0.192. The summed E-state index contributed by atoms with van der Waals surface area (Å²) in [4.78, 5) is 17.7. The summed E-state index contributed by atoms with van der Waals surface area (Å²) in [6.45, 7) is 8.29. The highest BCUT2D eigenvalue weighted by Gasteiger charge is 2.42. The van der Waals surface area contributed by atoms with Crippen LogP contribution in [0, 0.1) is 5.41 Å². The van der Waals surface area contributed by atoms with Crippen LogP contribution in [0.1, 0.15) is 61.1 Å². The number of likely N-dealkylation sites (tertiary alicyclic amines) is 2. The summed E-state index contributed by atoms with van der Waals surface area (Å²) in [6, 6.07) is 15.2. The molecule has 150 valence electrons. The van der Waals surface area contributed by atoms with E-state index in [1.54, 1.807) is 0 Å². The normalized spacial score (nSPS) is 22.7. The van der Waals surface area contributed by atoms with Crippen molar-refractivity contribution in [2.45, 2.75) is 45.1 Å². The van der Waals surface area contributed by atoms with Gasteiger partial charge in [-0.2, -0.15) is 0 Å². The zero-order chi connectivity index (χ0) is 19.7. The number of rotatable bonds is 3. The highest BCUT2D eigenvalue weighted by Crippen LogP contribution is 2.44. The first-order valence-electron chi connectivity index (χ1n) is 10.7. The number of likely N-dealkylation sites (N-methyl/N-ethyl adjacent to an activating group) is 1. The molecule has 4 heteroatoms. The predicted molar refractivity (Wildman–Crippen MR) is 114 cm³/mol. The van der Waals surface area contributed by atoms with Crippen LogP contribution in [0.2, 0.25) is 0 Å². The number of nitrogens with zero attached hydrogens (tertiary/aromatic N) is 3. The molecule has 0 radical (unpaired) electrons. The average molecular weight is 380 g/mol. The van der Waals surface area contributed by atoms with Gasteiger partial charge in [0.2, 0.25) is 0 Å². The lowest BCUT2D eigenvalue weighted by Crippen LogP contribution is -2.51. The number of benzene rings is 1. The summed E-state index contributed by atoms with van der Waals surface area (Å²) < 4.78 is 2.09. The van der Waals surface area contributed by atoms with Gasteiger partial charge in [-0.05, 0) is 69.2 Å². The maximum absolute atomic E-state index is 13.1. The van der Waals surface area contributed by atoms with Crippen LogP contribution in [0.25, 0.3) is 0 Å². The van der Waals surface area contributed by atoms with Gasteiger partial charge in [0.15, 0.2) is 0 Å². The third-order valence-electron chi connectivity index (χ3n) is 6.75. The van der Waals surface area contributed by atoms with Crippen molar-refractivity contribution in [2.75, 3.05) is 33.2 Å². The Morgan fingerprint density at radius 1 is 1.07 bits per heavy atom. The minimum Gasteiger partial charge on any atom is -0.341 e. The van der Waals surface area contributed by atoms with E-state index in [0.29, 0.717) is 17.4 Å². The fourth-order valence-electron chi connectivity index (χ4n) is 5.35. The zero-order valence-electron chi connectivity index (χ0n) is 17.5. The summed E-state index contributed by atoms with van der Waals surface area (Å²) in [5, 5.41) is 0. The van der Waals surface area contributed by atoms with Crippen LogP contribution in [-0.4, -0.2) is 53.5 Å². The van der Waals surface area contributed by atoms with Gasteiger partial charge in [-0.15, -0.1) is 0 Å². The molecule has 0 unspecified atom stereocenters. The van der Waals surface area contributed by atoms with Crippen molar-refractivity contribution in [3.63, 3.8) is 0 Å². The third kappa shape index (κ3) is 3.75. The van der Waals surface area contributed by atoms with E-state index in [1.807, 2.05) is 18.3 Å². The first-order valence-corrected chi connectivity index (χ1v) is 10.7. The van der Waals surface area contributed by atoms with Crippen molar-refractivity contribution < 1.29 is 4.79 Å². The Kier molecular flexibility index (Phi) is 5.33. The molecule has 2 aliphatic heterocycles. The first-order chi connectivity index (χ1) is 13.5. The monoisotopic (exact) mass is 379 g/mol. The molecule has 1 atom stereocenters. The third-order valence-corrected chi connectivity index (χ3v) is 6.75. The molecule has 2 fully saturated rings. The molecule has 0 aliphatic carbocycles. The molecule has 2 saturated heterocycles. The maximum Gasteiger partial charge on any atom is 0.270 e. The molecule has 28 heavy (non-hydrogen) atoms. The van der Waals surface area contributed by atoms with E-state index >= 15 is 0 Å². The van der Waals surface area contributed by atoms with Crippen LogP contribution in [0.4, 0.5) is 0 Å². The van der Waals surface area contributed by atoms with Crippen molar-refractivity contribution in [1.82, 2.24) is 14.4 Å². The number of amides is 1. The van der Waals surface area contributed by atoms with Gasteiger partial charge in [-0.25, -0.2) is 0 Å². The second kappa shape index (κ2) is 7.75. The smallest absolute Gasteiger partial charge is 0.270 e. The molecule has 1 amide bonds. The molecule has 1 aromatic carbocycles. The number of carbonyl (C=O) groups is 1. The molecule has 1 spiro atoms. The van der Waals surface area contributed by atoms with Gasteiger partial charge in [0.1, 0.15) is 5.69 Å². The molecule has 0 saturated carbocycles. The van der Waals surface area contributed by atoms with E-state index in [9.17, 15) is 4.79 Å². The van der Waals surface area contributed by atoms with Crippen molar-refractivity contribution >= 4 is 5.91 Å². The predicted octanol–water partition coefficient (Wildman–Crippen LogP) is 4.41. The topological polar surface area (TPSA) is 28.5 Å². The maximum atomic E-state index is 13.1. The summed E-state index contributed by atoms with van der Waals surface area (Å²) in [7, 11) is 2.25. The molecule has 2 aliphatic rings. The Morgan fingerprint density at radius 2 is 1.79 bits per heavy atom. The van der Waals surface area contributed by atoms with Gasteiger partial charge in [-0.1, -0.05) is 30.3 Å². The lowest BCUT2D eigenvalue weighted by atomic mass is 9.68. The highest BCUT2D eigenvalue weighted by atomic mass is 16.2. The highest BCUT2D eigenvalue weighted by molar-refractivity contribution is 5.92. The van der Waals surface area contributed by atoms with Crippen LogP contribution in [0.3, 0.4) is 0 Å². The summed E-state index contributed by atoms with van der Waals surface area (Å²) in [5.41, 5.74) is 2.63. The number of carbonyl (C=O) groups excluding carboxylic acids is 1. The van der Waals surface area contributed by atoms with Crippen LogP contribution in [0.5, 0.6) is 0 Å².